The summed E-state index contributed by atoms with van der Waals surface area (Å²) in [5.74, 6) is -0.785. The van der Waals surface area contributed by atoms with Crippen LogP contribution in [-0.4, -0.2) is 8.42 Å². The van der Waals surface area contributed by atoms with Gasteiger partial charge in [0.2, 0.25) is 10.0 Å². The number of hydrogen-bond acceptors (Lipinski definition) is 3. The fraction of sp³-hybridized carbons (Fsp3) is 0.0909. The minimum atomic E-state index is -3.86. The smallest absolute Gasteiger partial charge is 0.207 e. The van der Waals surface area contributed by atoms with E-state index in [0.29, 0.717) is 4.47 Å². The molecule has 0 saturated carbocycles. The van der Waals surface area contributed by atoms with Crippen LogP contribution in [0, 0.1) is 5.82 Å². The molecule has 1 heterocycles. The van der Waals surface area contributed by atoms with Crippen LogP contribution in [0.4, 0.5) is 4.39 Å². The molecular formula is C11H8Br2FNO2S2. The Morgan fingerprint density at radius 2 is 2.00 bits per heavy atom. The van der Waals surface area contributed by atoms with Gasteiger partial charge >= 0.3 is 0 Å². The van der Waals surface area contributed by atoms with E-state index >= 15 is 0 Å². The average Bonchev–Trinajstić information content (AvgIpc) is 2.72. The monoisotopic (exact) mass is 427 g/mol. The molecule has 0 amide bonds. The molecule has 1 N–H and O–H groups in total. The van der Waals surface area contributed by atoms with Gasteiger partial charge in [0, 0.05) is 20.4 Å². The Hall–Kier alpha value is -0.280. The highest BCUT2D eigenvalue weighted by molar-refractivity contribution is 9.10. The van der Waals surface area contributed by atoms with Crippen LogP contribution in [0.5, 0.6) is 0 Å². The van der Waals surface area contributed by atoms with E-state index in [0.717, 1.165) is 15.4 Å². The van der Waals surface area contributed by atoms with Gasteiger partial charge in [0.1, 0.15) is 10.7 Å². The number of benzene rings is 1. The summed E-state index contributed by atoms with van der Waals surface area (Å²) >= 11 is 7.81. The second-order valence-electron chi connectivity index (χ2n) is 3.59. The number of rotatable bonds is 4. The first-order valence-corrected chi connectivity index (χ1v) is 9.01. The predicted molar refractivity (Wildman–Crippen MR) is 80.1 cm³/mol. The third-order valence-corrected chi connectivity index (χ3v) is 6.15. The maximum atomic E-state index is 13.6. The second-order valence-corrected chi connectivity index (χ2v) is 8.10. The first-order chi connectivity index (χ1) is 8.90. The summed E-state index contributed by atoms with van der Waals surface area (Å²) < 4.78 is 41.3. The fourth-order valence-corrected chi connectivity index (χ4v) is 4.29. The molecule has 1 aromatic heterocycles. The van der Waals surface area contributed by atoms with Gasteiger partial charge in [-0.25, -0.2) is 17.5 Å². The zero-order valence-corrected chi connectivity index (χ0v) is 14.2. The van der Waals surface area contributed by atoms with Crippen molar-refractivity contribution in [1.82, 2.24) is 4.72 Å². The molecular weight excluding hydrogens is 421 g/mol. The van der Waals surface area contributed by atoms with E-state index in [2.05, 4.69) is 36.6 Å². The first kappa shape index (κ1) is 15.1. The maximum absolute atomic E-state index is 13.6. The van der Waals surface area contributed by atoms with Gasteiger partial charge in [0.25, 0.3) is 0 Å². The number of nitrogens with one attached hydrogen (secondary N) is 1. The van der Waals surface area contributed by atoms with Gasteiger partial charge in [-0.15, -0.1) is 11.3 Å². The summed E-state index contributed by atoms with van der Waals surface area (Å²) in [7, 11) is -3.86. The first-order valence-electron chi connectivity index (χ1n) is 5.07. The van der Waals surface area contributed by atoms with Gasteiger partial charge in [-0.1, -0.05) is 15.9 Å². The van der Waals surface area contributed by atoms with Gasteiger partial charge in [0.05, 0.1) is 0 Å². The fourth-order valence-electron chi connectivity index (χ4n) is 1.38. The Morgan fingerprint density at radius 3 is 2.58 bits per heavy atom. The van der Waals surface area contributed by atoms with E-state index in [-0.39, 0.29) is 11.4 Å². The van der Waals surface area contributed by atoms with Crippen molar-refractivity contribution in [2.45, 2.75) is 11.4 Å². The van der Waals surface area contributed by atoms with Crippen molar-refractivity contribution in [1.29, 1.82) is 0 Å². The van der Waals surface area contributed by atoms with Crippen molar-refractivity contribution in [3.63, 3.8) is 0 Å². The lowest BCUT2D eigenvalue weighted by atomic mass is 10.3. The Labute approximate surface area is 131 Å². The number of thiophene rings is 1. The highest BCUT2D eigenvalue weighted by Crippen LogP contribution is 2.24. The van der Waals surface area contributed by atoms with Crippen LogP contribution in [-0.2, 0) is 16.6 Å². The minimum absolute atomic E-state index is 0.121. The van der Waals surface area contributed by atoms with Gasteiger partial charge in [0.15, 0.2) is 0 Å². The minimum Gasteiger partial charge on any atom is -0.207 e. The Morgan fingerprint density at radius 1 is 1.26 bits per heavy atom. The largest absolute Gasteiger partial charge is 0.243 e. The summed E-state index contributed by atoms with van der Waals surface area (Å²) in [4.78, 5) is 0.476. The van der Waals surface area contributed by atoms with Gasteiger partial charge < -0.3 is 0 Å². The summed E-state index contributed by atoms with van der Waals surface area (Å²) in [6.07, 6.45) is 0. The molecule has 0 atom stereocenters. The van der Waals surface area contributed by atoms with Gasteiger partial charge in [-0.05, 0) is 45.6 Å². The van der Waals surface area contributed by atoms with E-state index in [1.165, 1.54) is 23.5 Å². The molecule has 0 unspecified atom stereocenters. The number of halogens is 3. The average molecular weight is 429 g/mol. The molecule has 0 aliphatic heterocycles. The summed E-state index contributed by atoms with van der Waals surface area (Å²) in [6.45, 7) is 0.121. The van der Waals surface area contributed by atoms with Gasteiger partial charge in [-0.2, -0.15) is 0 Å². The summed E-state index contributed by atoms with van der Waals surface area (Å²) in [6, 6.07) is 5.66. The third kappa shape index (κ3) is 3.63. The molecule has 102 valence electrons. The van der Waals surface area contributed by atoms with Crippen molar-refractivity contribution >= 4 is 53.2 Å². The molecule has 1 aromatic carbocycles. The van der Waals surface area contributed by atoms with Crippen molar-refractivity contribution in [2.75, 3.05) is 0 Å². The molecule has 2 rings (SSSR count). The second kappa shape index (κ2) is 6.01. The topological polar surface area (TPSA) is 46.2 Å². The molecule has 0 aliphatic rings. The van der Waals surface area contributed by atoms with Crippen LogP contribution in [0.1, 0.15) is 4.88 Å². The SMILES string of the molecule is O=S(=O)(NCc1sccc1Br)c1ccc(Br)cc1F. The Bertz CT molecular complexity index is 700. The number of sulfonamides is 1. The lowest BCUT2D eigenvalue weighted by Crippen LogP contribution is -2.23. The zero-order valence-electron chi connectivity index (χ0n) is 9.36. The number of hydrogen-bond donors (Lipinski definition) is 1. The quantitative estimate of drug-likeness (QED) is 0.802. The van der Waals surface area contributed by atoms with Gasteiger partial charge in [-0.3, -0.25) is 0 Å². The lowest BCUT2D eigenvalue weighted by Gasteiger charge is -2.07. The highest BCUT2D eigenvalue weighted by atomic mass is 79.9. The van der Waals surface area contributed by atoms with Crippen LogP contribution < -0.4 is 4.72 Å². The normalized spacial score (nSPS) is 11.7. The standard InChI is InChI=1S/C11H8Br2FNO2S2/c12-7-1-2-11(9(14)5-7)19(16,17)15-6-10-8(13)3-4-18-10/h1-5,15H,6H2. The molecule has 0 aliphatic carbocycles. The van der Waals surface area contributed by atoms with Crippen molar-refractivity contribution in [3.05, 3.63) is 49.3 Å². The van der Waals surface area contributed by atoms with Crippen LogP contribution in [0.3, 0.4) is 0 Å². The molecule has 0 fully saturated rings. The molecule has 8 heteroatoms. The van der Waals surface area contributed by atoms with Crippen LogP contribution in [0.15, 0.2) is 43.5 Å². The van der Waals surface area contributed by atoms with Crippen molar-refractivity contribution < 1.29 is 12.8 Å². The van der Waals surface area contributed by atoms with E-state index in [1.54, 1.807) is 0 Å². The molecule has 3 nitrogen and oxygen atoms in total. The maximum Gasteiger partial charge on any atom is 0.243 e. The molecule has 0 radical (unpaired) electrons. The Balaban J connectivity index is 2.21. The lowest BCUT2D eigenvalue weighted by molar-refractivity contribution is 0.556. The van der Waals surface area contributed by atoms with E-state index < -0.39 is 15.8 Å². The summed E-state index contributed by atoms with van der Waals surface area (Å²) in [5.41, 5.74) is 0. The molecule has 0 bridgehead atoms. The van der Waals surface area contributed by atoms with E-state index in [4.69, 9.17) is 0 Å². The van der Waals surface area contributed by atoms with Crippen LogP contribution in [0.25, 0.3) is 0 Å². The van der Waals surface area contributed by atoms with Crippen LogP contribution in [0.2, 0.25) is 0 Å². The highest BCUT2D eigenvalue weighted by Gasteiger charge is 2.19. The van der Waals surface area contributed by atoms with E-state index in [9.17, 15) is 12.8 Å². The van der Waals surface area contributed by atoms with Crippen LogP contribution >= 0.6 is 43.2 Å². The summed E-state index contributed by atoms with van der Waals surface area (Å²) in [5, 5.41) is 1.84. The molecule has 19 heavy (non-hydrogen) atoms. The predicted octanol–water partition coefficient (Wildman–Crippen LogP) is 3.89. The third-order valence-electron chi connectivity index (χ3n) is 2.30. The van der Waals surface area contributed by atoms with E-state index in [1.807, 2.05) is 11.4 Å². The molecule has 0 saturated heterocycles. The molecule has 0 spiro atoms. The Kier molecular flexibility index (Phi) is 4.78. The molecule has 2 aromatic rings. The van der Waals surface area contributed by atoms with Crippen molar-refractivity contribution in [2.24, 2.45) is 0 Å². The van der Waals surface area contributed by atoms with Crippen molar-refractivity contribution in [3.8, 4) is 0 Å². The zero-order chi connectivity index (χ0) is 14.0.